The van der Waals surface area contributed by atoms with Crippen molar-refractivity contribution in [3.05, 3.63) is 51.6 Å². The molecule has 0 spiro atoms. The lowest BCUT2D eigenvalue weighted by Gasteiger charge is -2.22. The number of nitrogens with one attached hydrogen (secondary N) is 3. The molecule has 0 heterocycles. The van der Waals surface area contributed by atoms with Gasteiger partial charge in [-0.15, -0.1) is 0 Å². The average molecular weight is 573 g/mol. The molecule has 3 N–H and O–H groups in total. The molecule has 0 aromatic heterocycles. The van der Waals surface area contributed by atoms with E-state index >= 15 is 0 Å². The molecule has 0 bridgehead atoms. The van der Waals surface area contributed by atoms with Gasteiger partial charge >= 0.3 is 0 Å². The number of halogens is 1. The van der Waals surface area contributed by atoms with Crippen LogP contribution in [-0.2, 0) is 10.0 Å². The van der Waals surface area contributed by atoms with Gasteiger partial charge in [0.15, 0.2) is 5.11 Å². The first-order chi connectivity index (χ1) is 14.8. The van der Waals surface area contributed by atoms with Gasteiger partial charge in [-0.3, -0.25) is 10.1 Å². The maximum atomic E-state index is 12.6. The summed E-state index contributed by atoms with van der Waals surface area (Å²) in [5, 5.41) is 5.63. The number of methoxy groups -OCH3 is 1. The maximum Gasteiger partial charge on any atom is 0.257 e. The van der Waals surface area contributed by atoms with E-state index in [2.05, 4.69) is 37.9 Å². The molecular weight excluding hydrogens is 549 g/mol. The van der Waals surface area contributed by atoms with Gasteiger partial charge in [0.05, 0.1) is 15.6 Å². The topological polar surface area (TPSA) is 96.5 Å². The Morgan fingerprint density at radius 3 is 2.39 bits per heavy atom. The van der Waals surface area contributed by atoms with Crippen LogP contribution in [0, 0.1) is 3.57 Å². The van der Waals surface area contributed by atoms with Crippen LogP contribution in [0.5, 0.6) is 5.75 Å². The van der Waals surface area contributed by atoms with Gasteiger partial charge in [-0.25, -0.2) is 13.1 Å². The minimum Gasteiger partial charge on any atom is -0.496 e. The van der Waals surface area contributed by atoms with Gasteiger partial charge in [0.25, 0.3) is 5.91 Å². The molecule has 0 radical (unpaired) electrons. The standard InChI is InChI=1S/C21H24IN3O4S2/c1-29-19-12-7-14(13-18(19)22)20(26)24-21(30)23-15-8-10-17(11-9-15)31(27,28)25-16-5-3-2-4-6-16/h7-13,16,25H,2-6H2,1H3,(H2,23,24,26,30). The minimum atomic E-state index is -3.56. The largest absolute Gasteiger partial charge is 0.496 e. The van der Waals surface area contributed by atoms with Crippen LogP contribution in [0.4, 0.5) is 5.69 Å². The van der Waals surface area contributed by atoms with Crippen LogP contribution in [0.25, 0.3) is 0 Å². The number of hydrogen-bond acceptors (Lipinski definition) is 5. The smallest absolute Gasteiger partial charge is 0.257 e. The molecule has 1 aliphatic rings. The molecule has 7 nitrogen and oxygen atoms in total. The molecule has 0 aliphatic heterocycles. The van der Waals surface area contributed by atoms with Crippen LogP contribution in [0.2, 0.25) is 0 Å². The van der Waals surface area contributed by atoms with Gasteiger partial charge in [-0.2, -0.15) is 0 Å². The molecule has 2 aromatic rings. The van der Waals surface area contributed by atoms with Crippen molar-refractivity contribution in [2.45, 2.75) is 43.0 Å². The molecule has 3 rings (SSSR count). The Balaban J connectivity index is 1.58. The van der Waals surface area contributed by atoms with Gasteiger partial charge in [0.2, 0.25) is 10.0 Å². The molecule has 0 atom stereocenters. The Hall–Kier alpha value is -1.76. The summed E-state index contributed by atoms with van der Waals surface area (Å²) in [4.78, 5) is 12.6. The van der Waals surface area contributed by atoms with Crippen molar-refractivity contribution in [3.63, 3.8) is 0 Å². The van der Waals surface area contributed by atoms with Crippen molar-refractivity contribution < 1.29 is 17.9 Å². The summed E-state index contributed by atoms with van der Waals surface area (Å²) in [5.74, 6) is 0.333. The van der Waals surface area contributed by atoms with E-state index in [-0.39, 0.29) is 22.0 Å². The molecule has 1 fully saturated rings. The van der Waals surface area contributed by atoms with Crippen LogP contribution < -0.4 is 20.1 Å². The quantitative estimate of drug-likeness (QED) is 0.357. The summed E-state index contributed by atoms with van der Waals surface area (Å²) >= 11 is 7.30. The summed E-state index contributed by atoms with van der Waals surface area (Å²) in [5.41, 5.74) is 1.02. The fourth-order valence-electron chi connectivity index (χ4n) is 3.37. The number of hydrogen-bond donors (Lipinski definition) is 3. The van der Waals surface area contributed by atoms with Crippen LogP contribution in [0.1, 0.15) is 42.5 Å². The lowest BCUT2D eigenvalue weighted by Crippen LogP contribution is -2.36. The third-order valence-corrected chi connectivity index (χ3v) is 7.57. The molecule has 0 saturated heterocycles. The predicted molar refractivity (Wildman–Crippen MR) is 133 cm³/mol. The monoisotopic (exact) mass is 573 g/mol. The van der Waals surface area contributed by atoms with Crippen molar-refractivity contribution in [1.82, 2.24) is 10.0 Å². The number of amides is 1. The summed E-state index contributed by atoms with van der Waals surface area (Å²) in [6.45, 7) is 0. The molecule has 1 saturated carbocycles. The fourth-order valence-corrected chi connectivity index (χ4v) is 5.62. The first-order valence-corrected chi connectivity index (χ1v) is 12.8. The maximum absolute atomic E-state index is 12.6. The number of ether oxygens (including phenoxy) is 1. The summed E-state index contributed by atoms with van der Waals surface area (Å²) < 4.78 is 34.0. The van der Waals surface area contributed by atoms with Gasteiger partial charge < -0.3 is 10.1 Å². The second-order valence-electron chi connectivity index (χ2n) is 7.24. The Morgan fingerprint density at radius 1 is 1.10 bits per heavy atom. The van der Waals surface area contributed by atoms with E-state index in [1.54, 1.807) is 37.4 Å². The first kappa shape index (κ1) is 23.9. The Bertz CT molecular complexity index is 1050. The van der Waals surface area contributed by atoms with Crippen LogP contribution in [-0.4, -0.2) is 32.6 Å². The summed E-state index contributed by atoms with van der Waals surface area (Å²) in [6.07, 6.45) is 5.01. The number of thiocarbonyl (C=S) groups is 1. The molecule has 0 unspecified atom stereocenters. The predicted octanol–water partition coefficient (Wildman–Crippen LogP) is 4.04. The average Bonchev–Trinajstić information content (AvgIpc) is 2.74. The van der Waals surface area contributed by atoms with Crippen LogP contribution >= 0.6 is 34.8 Å². The molecule has 166 valence electrons. The van der Waals surface area contributed by atoms with E-state index < -0.39 is 10.0 Å². The fraction of sp³-hybridized carbons (Fsp3) is 0.333. The van der Waals surface area contributed by atoms with Crippen LogP contribution in [0.3, 0.4) is 0 Å². The lowest BCUT2D eigenvalue weighted by molar-refractivity contribution is 0.0977. The normalized spacial score (nSPS) is 14.6. The van der Waals surface area contributed by atoms with Crippen molar-refractivity contribution in [1.29, 1.82) is 0 Å². The lowest BCUT2D eigenvalue weighted by atomic mass is 9.96. The van der Waals surface area contributed by atoms with Crippen molar-refractivity contribution in [3.8, 4) is 5.75 Å². The number of carbonyl (C=O) groups excluding carboxylic acids is 1. The van der Waals surface area contributed by atoms with E-state index in [0.29, 0.717) is 17.0 Å². The summed E-state index contributed by atoms with van der Waals surface area (Å²) in [7, 11) is -1.99. The van der Waals surface area contributed by atoms with Gasteiger partial charge in [-0.1, -0.05) is 19.3 Å². The highest BCUT2D eigenvalue weighted by Crippen LogP contribution is 2.22. The number of sulfonamides is 1. The third-order valence-electron chi connectivity index (χ3n) is 4.99. The van der Waals surface area contributed by atoms with Crippen molar-refractivity contribution in [2.75, 3.05) is 12.4 Å². The number of carbonyl (C=O) groups is 1. The molecule has 1 amide bonds. The minimum absolute atomic E-state index is 0.000331. The number of rotatable bonds is 6. The highest BCUT2D eigenvalue weighted by Gasteiger charge is 2.21. The molecule has 31 heavy (non-hydrogen) atoms. The molecular formula is C21H24IN3O4S2. The Kier molecular flexibility index (Phi) is 8.25. The number of anilines is 1. The second-order valence-corrected chi connectivity index (χ2v) is 10.5. The zero-order valence-electron chi connectivity index (χ0n) is 17.0. The summed E-state index contributed by atoms with van der Waals surface area (Å²) in [6, 6.07) is 11.3. The SMILES string of the molecule is COc1ccc(C(=O)NC(=S)Nc2ccc(S(=O)(=O)NC3CCCCC3)cc2)cc1I. The molecule has 10 heteroatoms. The van der Waals surface area contributed by atoms with E-state index in [1.165, 1.54) is 12.1 Å². The van der Waals surface area contributed by atoms with Gasteiger partial charge in [-0.05, 0) is 90.1 Å². The van der Waals surface area contributed by atoms with E-state index in [9.17, 15) is 13.2 Å². The zero-order chi connectivity index (χ0) is 22.4. The zero-order valence-corrected chi connectivity index (χ0v) is 20.8. The highest BCUT2D eigenvalue weighted by atomic mass is 127. The second kappa shape index (κ2) is 10.7. The third kappa shape index (κ3) is 6.61. The van der Waals surface area contributed by atoms with E-state index in [1.807, 2.05) is 0 Å². The van der Waals surface area contributed by atoms with Gasteiger partial charge in [0, 0.05) is 17.3 Å². The van der Waals surface area contributed by atoms with E-state index in [4.69, 9.17) is 17.0 Å². The number of benzene rings is 2. The Morgan fingerprint density at radius 2 is 1.77 bits per heavy atom. The van der Waals surface area contributed by atoms with E-state index in [0.717, 1.165) is 35.7 Å². The van der Waals surface area contributed by atoms with Crippen LogP contribution in [0.15, 0.2) is 47.4 Å². The van der Waals surface area contributed by atoms with Gasteiger partial charge in [0.1, 0.15) is 5.75 Å². The van der Waals surface area contributed by atoms with Crippen molar-refractivity contribution in [2.24, 2.45) is 0 Å². The Labute approximate surface area is 201 Å². The molecule has 2 aromatic carbocycles. The highest BCUT2D eigenvalue weighted by molar-refractivity contribution is 14.1. The first-order valence-electron chi connectivity index (χ1n) is 9.87. The molecule has 1 aliphatic carbocycles. The van der Waals surface area contributed by atoms with Crippen molar-refractivity contribution >= 4 is 61.5 Å².